The van der Waals surface area contributed by atoms with Crippen molar-refractivity contribution in [2.24, 2.45) is 0 Å². The van der Waals surface area contributed by atoms with Crippen LogP contribution in [0.2, 0.25) is 0 Å². The number of carbonyl (C=O) groups is 2. The minimum Gasteiger partial charge on any atom is -0.507 e. The molecule has 1 aliphatic heterocycles. The zero-order valence-electron chi connectivity index (χ0n) is 23.5. The van der Waals surface area contributed by atoms with Crippen LogP contribution in [-0.2, 0) is 9.59 Å². The number of amides is 1. The summed E-state index contributed by atoms with van der Waals surface area (Å²) in [7, 11) is 0. The summed E-state index contributed by atoms with van der Waals surface area (Å²) in [4.78, 5) is 30.4. The van der Waals surface area contributed by atoms with Gasteiger partial charge in [-0.3, -0.25) is 9.59 Å². The Kier molecular flexibility index (Phi) is 11.3. The average molecular weight is 541 g/mol. The van der Waals surface area contributed by atoms with Crippen molar-refractivity contribution in [1.82, 2.24) is 9.80 Å². The fraction of sp³-hybridized carbons (Fsp3) is 0.484. The van der Waals surface area contributed by atoms with Crippen molar-refractivity contribution in [3.63, 3.8) is 0 Å². The summed E-state index contributed by atoms with van der Waals surface area (Å²) < 4.78 is 25.4. The van der Waals surface area contributed by atoms with E-state index in [1.807, 2.05) is 13.0 Å². The van der Waals surface area contributed by atoms with Crippen LogP contribution in [-0.4, -0.2) is 66.0 Å². The highest BCUT2D eigenvalue weighted by Crippen LogP contribution is 2.42. The van der Waals surface area contributed by atoms with Crippen LogP contribution in [0.4, 0.5) is 4.39 Å². The summed E-state index contributed by atoms with van der Waals surface area (Å²) in [5.74, 6) is -1.11. The number of halogens is 1. The van der Waals surface area contributed by atoms with Gasteiger partial charge in [0, 0.05) is 12.1 Å². The second kappa shape index (κ2) is 14.7. The van der Waals surface area contributed by atoms with Gasteiger partial charge in [-0.1, -0.05) is 39.7 Å². The first kappa shape index (κ1) is 30.2. The predicted molar refractivity (Wildman–Crippen MR) is 150 cm³/mol. The first-order valence-electron chi connectivity index (χ1n) is 14.0. The highest BCUT2D eigenvalue weighted by Gasteiger charge is 2.46. The van der Waals surface area contributed by atoms with E-state index in [-0.39, 0.29) is 16.9 Å². The molecule has 2 aromatic rings. The lowest BCUT2D eigenvalue weighted by Gasteiger charge is -2.27. The van der Waals surface area contributed by atoms with E-state index in [9.17, 15) is 19.1 Å². The number of ketones is 1. The molecule has 1 fully saturated rings. The number of hydrogen-bond acceptors (Lipinski definition) is 6. The number of aliphatic hydroxyl groups excluding tert-OH is 1. The number of carbonyl (C=O) groups excluding carboxylic acids is 2. The molecule has 0 saturated carbocycles. The molecule has 7 nitrogen and oxygen atoms in total. The van der Waals surface area contributed by atoms with Crippen LogP contribution in [0.5, 0.6) is 11.5 Å². The Balaban J connectivity index is 2.04. The highest BCUT2D eigenvalue weighted by atomic mass is 19.1. The van der Waals surface area contributed by atoms with Gasteiger partial charge in [0.2, 0.25) is 0 Å². The van der Waals surface area contributed by atoms with Crippen molar-refractivity contribution in [2.75, 3.05) is 39.4 Å². The first-order valence-corrected chi connectivity index (χ1v) is 14.0. The van der Waals surface area contributed by atoms with Crippen molar-refractivity contribution in [3.05, 3.63) is 65.0 Å². The maximum Gasteiger partial charge on any atom is 0.295 e. The molecule has 39 heavy (non-hydrogen) atoms. The lowest BCUT2D eigenvalue weighted by Crippen LogP contribution is -2.33. The van der Waals surface area contributed by atoms with Gasteiger partial charge in [0.15, 0.2) is 11.5 Å². The number of benzene rings is 2. The molecular formula is C31H41FN2O5. The summed E-state index contributed by atoms with van der Waals surface area (Å²) in [5, 5.41) is 11.2. The molecule has 8 heteroatoms. The Morgan fingerprint density at radius 2 is 1.67 bits per heavy atom. The second-order valence-corrected chi connectivity index (χ2v) is 9.57. The molecule has 1 unspecified atom stereocenters. The van der Waals surface area contributed by atoms with E-state index in [1.54, 1.807) is 12.1 Å². The third-order valence-electron chi connectivity index (χ3n) is 7.01. The number of nitrogens with zero attached hydrogens (tertiary/aromatic N) is 2. The quantitative estimate of drug-likeness (QED) is 0.130. The number of rotatable bonds is 15. The zero-order chi connectivity index (χ0) is 28.4. The van der Waals surface area contributed by atoms with Crippen LogP contribution in [0.1, 0.15) is 70.5 Å². The third-order valence-corrected chi connectivity index (χ3v) is 7.01. The average Bonchev–Trinajstić information content (AvgIpc) is 3.19. The maximum atomic E-state index is 13.6. The molecule has 1 saturated heterocycles. The minimum atomic E-state index is -0.819. The van der Waals surface area contributed by atoms with Gasteiger partial charge >= 0.3 is 0 Å². The standard InChI is InChI=1S/C31H41FN2O5/c1-5-9-10-20-39-25-17-14-23(21-26(25)38-8-4)28-27(29(35)22-12-15-24(32)16-13-22)30(36)31(37)34(28)19-11-18-33(6-2)7-3/h12-17,21,28,35H,5-11,18-20H2,1-4H3. The first-order chi connectivity index (χ1) is 18.9. The topological polar surface area (TPSA) is 79.3 Å². The smallest absolute Gasteiger partial charge is 0.295 e. The van der Waals surface area contributed by atoms with Crippen LogP contribution < -0.4 is 9.47 Å². The van der Waals surface area contributed by atoms with E-state index in [4.69, 9.17) is 9.47 Å². The van der Waals surface area contributed by atoms with Gasteiger partial charge < -0.3 is 24.4 Å². The van der Waals surface area contributed by atoms with Crippen molar-refractivity contribution in [2.45, 2.75) is 59.4 Å². The summed E-state index contributed by atoms with van der Waals surface area (Å²) in [5.41, 5.74) is 0.877. The number of likely N-dealkylation sites (tertiary alicyclic amines) is 1. The third kappa shape index (κ3) is 7.38. The fourth-order valence-electron chi connectivity index (χ4n) is 4.84. The van der Waals surface area contributed by atoms with E-state index in [0.29, 0.717) is 43.2 Å². The van der Waals surface area contributed by atoms with Gasteiger partial charge in [-0.2, -0.15) is 0 Å². The molecule has 0 radical (unpaired) electrons. The number of ether oxygens (including phenoxy) is 2. The van der Waals surface area contributed by atoms with Gasteiger partial charge in [0.1, 0.15) is 11.6 Å². The molecule has 0 bridgehead atoms. The fourth-order valence-corrected chi connectivity index (χ4v) is 4.84. The summed E-state index contributed by atoms with van der Waals surface area (Å²) in [6.07, 6.45) is 3.74. The molecule has 3 rings (SSSR count). The molecule has 1 N–H and O–H groups in total. The largest absolute Gasteiger partial charge is 0.507 e. The Morgan fingerprint density at radius 1 is 0.949 bits per heavy atom. The van der Waals surface area contributed by atoms with Crippen molar-refractivity contribution in [3.8, 4) is 11.5 Å². The van der Waals surface area contributed by atoms with Crippen molar-refractivity contribution in [1.29, 1.82) is 0 Å². The van der Waals surface area contributed by atoms with Gasteiger partial charge in [-0.15, -0.1) is 0 Å². The van der Waals surface area contributed by atoms with E-state index in [2.05, 4.69) is 25.7 Å². The molecule has 1 atom stereocenters. The molecule has 212 valence electrons. The normalized spacial score (nSPS) is 16.8. The SMILES string of the molecule is CCCCCOc1ccc(C2C(=C(O)c3ccc(F)cc3)C(=O)C(=O)N2CCCN(CC)CC)cc1OCC. The molecule has 0 aromatic heterocycles. The van der Waals surface area contributed by atoms with E-state index in [1.165, 1.54) is 29.2 Å². The molecule has 2 aromatic carbocycles. The second-order valence-electron chi connectivity index (χ2n) is 9.57. The van der Waals surface area contributed by atoms with Crippen molar-refractivity contribution >= 4 is 17.4 Å². The van der Waals surface area contributed by atoms with E-state index < -0.39 is 23.5 Å². The van der Waals surface area contributed by atoms with Crippen LogP contribution in [0.25, 0.3) is 5.76 Å². The molecule has 1 amide bonds. The Morgan fingerprint density at radius 3 is 2.31 bits per heavy atom. The van der Waals surface area contributed by atoms with Crippen LogP contribution in [0.3, 0.4) is 0 Å². The molecule has 1 aliphatic rings. The summed E-state index contributed by atoms with van der Waals surface area (Å²) in [6.45, 7) is 12.0. The predicted octanol–water partition coefficient (Wildman–Crippen LogP) is 5.95. The van der Waals surface area contributed by atoms with Gasteiger partial charge in [-0.05, 0) is 81.4 Å². The van der Waals surface area contributed by atoms with Gasteiger partial charge in [-0.25, -0.2) is 4.39 Å². The summed E-state index contributed by atoms with van der Waals surface area (Å²) >= 11 is 0. The Hall–Kier alpha value is -3.39. The highest BCUT2D eigenvalue weighted by molar-refractivity contribution is 6.46. The number of unbranched alkanes of at least 4 members (excludes halogenated alkanes) is 2. The Labute approximate surface area is 231 Å². The maximum absolute atomic E-state index is 13.6. The van der Waals surface area contributed by atoms with E-state index >= 15 is 0 Å². The lowest BCUT2D eigenvalue weighted by atomic mass is 9.95. The van der Waals surface area contributed by atoms with Crippen LogP contribution in [0, 0.1) is 5.82 Å². The number of aliphatic hydroxyl groups is 1. The van der Waals surface area contributed by atoms with Gasteiger partial charge in [0.05, 0.1) is 24.8 Å². The molecule has 1 heterocycles. The summed E-state index contributed by atoms with van der Waals surface area (Å²) in [6, 6.07) is 9.78. The minimum absolute atomic E-state index is 0.0199. The van der Waals surface area contributed by atoms with Crippen molar-refractivity contribution < 1.29 is 28.6 Å². The van der Waals surface area contributed by atoms with Gasteiger partial charge in [0.25, 0.3) is 11.7 Å². The van der Waals surface area contributed by atoms with E-state index in [0.717, 1.165) is 38.9 Å². The number of Topliss-reactive ketones (excluding diaryl/α,β-unsaturated/α-hetero) is 1. The molecular weight excluding hydrogens is 499 g/mol. The monoisotopic (exact) mass is 540 g/mol. The lowest BCUT2D eigenvalue weighted by molar-refractivity contribution is -0.140. The van der Waals surface area contributed by atoms with Crippen LogP contribution >= 0.6 is 0 Å². The number of hydrogen-bond donors (Lipinski definition) is 1. The Bertz CT molecular complexity index is 1140. The molecule has 0 aliphatic carbocycles. The zero-order valence-corrected chi connectivity index (χ0v) is 23.5. The van der Waals surface area contributed by atoms with Crippen LogP contribution in [0.15, 0.2) is 48.0 Å². The molecule has 0 spiro atoms.